The summed E-state index contributed by atoms with van der Waals surface area (Å²) in [7, 11) is 0. The average Bonchev–Trinajstić information content (AvgIpc) is 2.95. The maximum Gasteiger partial charge on any atom is 0.148 e. The molecule has 1 aliphatic rings. The van der Waals surface area contributed by atoms with Gasteiger partial charge in [-0.15, -0.1) is 0 Å². The second kappa shape index (κ2) is 6.24. The number of aromatic nitrogens is 2. The summed E-state index contributed by atoms with van der Waals surface area (Å²) < 4.78 is 2.06. The third kappa shape index (κ3) is 3.60. The van der Waals surface area contributed by atoms with Crippen molar-refractivity contribution in [3.8, 4) is 0 Å². The number of ketones is 1. The molecule has 0 saturated heterocycles. The zero-order valence-electron chi connectivity index (χ0n) is 10.4. The topological polar surface area (TPSA) is 34.9 Å². The summed E-state index contributed by atoms with van der Waals surface area (Å²) in [6, 6.07) is 2.57. The van der Waals surface area contributed by atoms with Crippen molar-refractivity contribution < 1.29 is 4.79 Å². The zero-order valence-corrected chi connectivity index (χ0v) is 11.2. The quantitative estimate of drug-likeness (QED) is 0.781. The van der Waals surface area contributed by atoms with Crippen LogP contribution in [-0.2, 0) is 11.2 Å². The maximum atomic E-state index is 11.6. The summed E-state index contributed by atoms with van der Waals surface area (Å²) >= 11 is 1.68. The minimum Gasteiger partial charge on any atom is -0.298 e. The Morgan fingerprint density at radius 3 is 3.00 bits per heavy atom. The third-order valence-electron chi connectivity index (χ3n) is 3.21. The summed E-state index contributed by atoms with van der Waals surface area (Å²) in [6.45, 7) is 2.08. The minimum absolute atomic E-state index is 0.286. The number of rotatable bonds is 6. The van der Waals surface area contributed by atoms with Crippen LogP contribution in [0.25, 0.3) is 0 Å². The van der Waals surface area contributed by atoms with Crippen molar-refractivity contribution in [2.45, 2.75) is 45.1 Å². The van der Waals surface area contributed by atoms with E-state index < -0.39 is 0 Å². The normalized spacial score (nSPS) is 16.5. The third-order valence-corrected chi connectivity index (χ3v) is 4.14. The van der Waals surface area contributed by atoms with Gasteiger partial charge in [0.2, 0.25) is 0 Å². The van der Waals surface area contributed by atoms with Gasteiger partial charge in [0.25, 0.3) is 0 Å². The van der Waals surface area contributed by atoms with Gasteiger partial charge in [-0.05, 0) is 24.7 Å². The van der Waals surface area contributed by atoms with E-state index in [0.29, 0.717) is 18.2 Å². The zero-order chi connectivity index (χ0) is 12.1. The van der Waals surface area contributed by atoms with Crippen LogP contribution in [-0.4, -0.2) is 27.1 Å². The molecule has 94 valence electrons. The van der Waals surface area contributed by atoms with Crippen LogP contribution in [0.1, 0.15) is 44.3 Å². The van der Waals surface area contributed by atoms with Gasteiger partial charge in [-0.25, -0.2) is 0 Å². The van der Waals surface area contributed by atoms with Crippen LogP contribution in [0.3, 0.4) is 0 Å². The van der Waals surface area contributed by atoms with Crippen LogP contribution in [0.2, 0.25) is 0 Å². The molecule has 0 bridgehead atoms. The first-order chi connectivity index (χ1) is 8.29. The maximum absolute atomic E-state index is 11.6. The lowest BCUT2D eigenvalue weighted by atomic mass is 10.2. The summed E-state index contributed by atoms with van der Waals surface area (Å²) in [5, 5.41) is 4.53. The van der Waals surface area contributed by atoms with Gasteiger partial charge < -0.3 is 0 Å². The van der Waals surface area contributed by atoms with E-state index in [9.17, 15) is 4.79 Å². The highest BCUT2D eigenvalue weighted by molar-refractivity contribution is 7.99. The fourth-order valence-electron chi connectivity index (χ4n) is 2.31. The van der Waals surface area contributed by atoms with Crippen molar-refractivity contribution >= 4 is 17.5 Å². The first-order valence-electron chi connectivity index (χ1n) is 6.43. The van der Waals surface area contributed by atoms with Gasteiger partial charge >= 0.3 is 0 Å². The lowest BCUT2D eigenvalue weighted by Crippen LogP contribution is -2.09. The van der Waals surface area contributed by atoms with Gasteiger partial charge in [-0.2, -0.15) is 16.9 Å². The van der Waals surface area contributed by atoms with Crippen molar-refractivity contribution in [1.29, 1.82) is 0 Å². The van der Waals surface area contributed by atoms with Crippen LogP contribution < -0.4 is 0 Å². The second-order valence-electron chi connectivity index (χ2n) is 4.58. The molecule has 1 aromatic heterocycles. The molecule has 0 N–H and O–H groups in total. The number of hydrogen-bond acceptors (Lipinski definition) is 3. The van der Waals surface area contributed by atoms with E-state index in [-0.39, 0.29) is 5.78 Å². The molecule has 0 atom stereocenters. The van der Waals surface area contributed by atoms with Crippen LogP contribution >= 0.6 is 11.8 Å². The Bertz CT molecular complexity index is 369. The number of nitrogens with zero attached hydrogens (tertiary/aromatic N) is 2. The van der Waals surface area contributed by atoms with Crippen LogP contribution in [0.15, 0.2) is 12.3 Å². The van der Waals surface area contributed by atoms with Gasteiger partial charge in [0.15, 0.2) is 0 Å². The fourth-order valence-corrected chi connectivity index (χ4v) is 2.85. The largest absolute Gasteiger partial charge is 0.298 e. The van der Waals surface area contributed by atoms with Gasteiger partial charge in [0, 0.05) is 6.20 Å². The SMILES string of the molecule is CCSCC(=O)Cc1ccn(C2CCCC2)n1. The Kier molecular flexibility index (Phi) is 4.66. The first kappa shape index (κ1) is 12.7. The Morgan fingerprint density at radius 2 is 2.29 bits per heavy atom. The van der Waals surface area contributed by atoms with E-state index in [2.05, 4.69) is 16.7 Å². The molecule has 3 nitrogen and oxygen atoms in total. The molecule has 1 aliphatic carbocycles. The Labute approximate surface area is 107 Å². The molecule has 0 unspecified atom stereocenters. The van der Waals surface area contributed by atoms with Gasteiger partial charge in [-0.3, -0.25) is 9.48 Å². The Balaban J connectivity index is 1.87. The lowest BCUT2D eigenvalue weighted by Gasteiger charge is -2.08. The van der Waals surface area contributed by atoms with Crippen LogP contribution in [0, 0.1) is 0 Å². The van der Waals surface area contributed by atoms with E-state index in [4.69, 9.17) is 0 Å². The summed E-state index contributed by atoms with van der Waals surface area (Å²) in [6.07, 6.45) is 7.62. The molecule has 17 heavy (non-hydrogen) atoms. The molecule has 0 aliphatic heterocycles. The van der Waals surface area contributed by atoms with Crippen LogP contribution in [0.4, 0.5) is 0 Å². The first-order valence-corrected chi connectivity index (χ1v) is 7.58. The molecule has 1 fully saturated rings. The lowest BCUT2D eigenvalue weighted by molar-refractivity contribution is -0.116. The molecular weight excluding hydrogens is 232 g/mol. The number of carbonyl (C=O) groups is 1. The Hall–Kier alpha value is -0.770. The molecule has 4 heteroatoms. The van der Waals surface area contributed by atoms with Crippen molar-refractivity contribution in [3.63, 3.8) is 0 Å². The minimum atomic E-state index is 0.286. The van der Waals surface area contributed by atoms with Crippen molar-refractivity contribution in [2.24, 2.45) is 0 Å². The van der Waals surface area contributed by atoms with Crippen molar-refractivity contribution in [2.75, 3.05) is 11.5 Å². The average molecular weight is 252 g/mol. The van der Waals surface area contributed by atoms with E-state index >= 15 is 0 Å². The standard InChI is InChI=1S/C13H20N2OS/c1-2-17-10-13(16)9-11-7-8-15(14-11)12-5-3-4-6-12/h7-8,12H,2-6,9-10H2,1H3. The van der Waals surface area contributed by atoms with Gasteiger partial charge in [0.05, 0.1) is 23.9 Å². The number of carbonyl (C=O) groups excluding carboxylic acids is 1. The summed E-state index contributed by atoms with van der Waals surface area (Å²) in [5.41, 5.74) is 0.929. The predicted molar refractivity (Wildman–Crippen MR) is 71.4 cm³/mol. The molecule has 2 rings (SSSR count). The van der Waals surface area contributed by atoms with Crippen molar-refractivity contribution in [3.05, 3.63) is 18.0 Å². The van der Waals surface area contributed by atoms with Gasteiger partial charge in [-0.1, -0.05) is 19.8 Å². The molecular formula is C13H20N2OS. The van der Waals surface area contributed by atoms with E-state index in [1.807, 2.05) is 12.3 Å². The monoisotopic (exact) mass is 252 g/mol. The molecule has 0 aromatic carbocycles. The molecule has 1 heterocycles. The molecule has 0 amide bonds. The summed E-state index contributed by atoms with van der Waals surface area (Å²) in [4.78, 5) is 11.6. The van der Waals surface area contributed by atoms with Crippen molar-refractivity contribution in [1.82, 2.24) is 9.78 Å². The van der Waals surface area contributed by atoms with Crippen LogP contribution in [0.5, 0.6) is 0 Å². The summed E-state index contributed by atoms with van der Waals surface area (Å²) in [5.74, 6) is 1.91. The highest BCUT2D eigenvalue weighted by Gasteiger charge is 2.17. The number of thioether (sulfide) groups is 1. The molecule has 0 spiro atoms. The number of Topliss-reactive ketones (excluding diaryl/α,β-unsaturated/α-hetero) is 1. The second-order valence-corrected chi connectivity index (χ2v) is 5.85. The van der Waals surface area contributed by atoms with Gasteiger partial charge in [0.1, 0.15) is 5.78 Å². The highest BCUT2D eigenvalue weighted by Crippen LogP contribution is 2.28. The van der Waals surface area contributed by atoms with E-state index in [0.717, 1.165) is 11.4 Å². The van der Waals surface area contributed by atoms with E-state index in [1.165, 1.54) is 25.7 Å². The molecule has 1 aromatic rings. The molecule has 0 radical (unpaired) electrons. The predicted octanol–water partition coefficient (Wildman–Crippen LogP) is 2.86. The Morgan fingerprint density at radius 1 is 1.53 bits per heavy atom. The smallest absolute Gasteiger partial charge is 0.148 e. The number of hydrogen-bond donors (Lipinski definition) is 0. The fraction of sp³-hybridized carbons (Fsp3) is 0.692. The molecule has 1 saturated carbocycles. The van der Waals surface area contributed by atoms with E-state index in [1.54, 1.807) is 11.8 Å². The highest BCUT2D eigenvalue weighted by atomic mass is 32.2.